The number of nitrogens with one attached hydrogen (secondary N) is 1. The average molecular weight is 164 g/mol. The Hall–Kier alpha value is -1.71. The SMILES string of the molecule is O=C1CNC(=O)c2ncccc21.[HH]. The lowest BCUT2D eigenvalue weighted by atomic mass is 10.1. The van der Waals surface area contributed by atoms with Crippen molar-refractivity contribution < 1.29 is 11.0 Å². The lowest BCUT2D eigenvalue weighted by Crippen LogP contribution is -2.37. The van der Waals surface area contributed by atoms with Crippen molar-refractivity contribution in [1.29, 1.82) is 0 Å². The Morgan fingerprint density at radius 3 is 3.08 bits per heavy atom. The van der Waals surface area contributed by atoms with E-state index in [-0.39, 0.29) is 25.4 Å². The fourth-order valence-corrected chi connectivity index (χ4v) is 1.15. The largest absolute Gasteiger partial charge is 0.343 e. The zero-order chi connectivity index (χ0) is 8.55. The number of Topliss-reactive ketones (excluding diaryl/α,β-unsaturated/α-hetero) is 1. The van der Waals surface area contributed by atoms with Crippen molar-refractivity contribution in [2.45, 2.75) is 0 Å². The van der Waals surface area contributed by atoms with Crippen LogP contribution in [-0.2, 0) is 0 Å². The van der Waals surface area contributed by atoms with Gasteiger partial charge in [-0.15, -0.1) is 0 Å². The number of carbonyl (C=O) groups excluding carboxylic acids is 2. The maximum Gasteiger partial charge on any atom is 0.271 e. The average Bonchev–Trinajstić information content (AvgIpc) is 2.12. The fraction of sp³-hybridized carbons (Fsp3) is 0.125. The summed E-state index contributed by atoms with van der Waals surface area (Å²) in [5.41, 5.74) is 0.648. The molecular formula is C8H8N2O2. The van der Waals surface area contributed by atoms with Gasteiger partial charge in [0.25, 0.3) is 5.91 Å². The summed E-state index contributed by atoms with van der Waals surface area (Å²) in [4.78, 5) is 26.1. The molecule has 12 heavy (non-hydrogen) atoms. The van der Waals surface area contributed by atoms with Gasteiger partial charge in [-0.2, -0.15) is 0 Å². The summed E-state index contributed by atoms with van der Waals surface area (Å²) in [6.07, 6.45) is 1.50. The minimum Gasteiger partial charge on any atom is -0.343 e. The summed E-state index contributed by atoms with van der Waals surface area (Å²) in [5, 5.41) is 2.44. The molecule has 0 saturated heterocycles. The quantitative estimate of drug-likeness (QED) is 0.598. The van der Waals surface area contributed by atoms with E-state index in [2.05, 4.69) is 10.3 Å². The molecule has 0 radical (unpaired) electrons. The molecule has 1 aliphatic rings. The van der Waals surface area contributed by atoms with Crippen LogP contribution in [0.5, 0.6) is 0 Å². The van der Waals surface area contributed by atoms with Crippen LogP contribution >= 0.6 is 0 Å². The van der Waals surface area contributed by atoms with Crippen LogP contribution in [0.4, 0.5) is 0 Å². The minimum atomic E-state index is -0.273. The molecule has 0 aromatic carbocycles. The predicted octanol–water partition coefficient (Wildman–Crippen LogP) is 0.254. The van der Waals surface area contributed by atoms with Gasteiger partial charge in [0, 0.05) is 7.62 Å². The van der Waals surface area contributed by atoms with Crippen molar-refractivity contribution in [1.82, 2.24) is 10.3 Å². The van der Waals surface area contributed by atoms with E-state index in [1.807, 2.05) is 0 Å². The van der Waals surface area contributed by atoms with Crippen LogP contribution in [0, 0.1) is 0 Å². The number of aromatic nitrogens is 1. The third-order valence-electron chi connectivity index (χ3n) is 1.73. The molecule has 62 valence electrons. The molecule has 2 heterocycles. The van der Waals surface area contributed by atoms with Gasteiger partial charge in [-0.25, -0.2) is 0 Å². The van der Waals surface area contributed by atoms with E-state index in [1.54, 1.807) is 12.1 Å². The summed E-state index contributed by atoms with van der Waals surface area (Å²) in [6.45, 7) is 0.0809. The zero-order valence-corrected chi connectivity index (χ0v) is 6.20. The summed E-state index contributed by atoms with van der Waals surface area (Å²) < 4.78 is 0. The molecular weight excluding hydrogens is 156 g/mol. The summed E-state index contributed by atoms with van der Waals surface area (Å²) >= 11 is 0. The normalized spacial score (nSPS) is 15.3. The Kier molecular flexibility index (Phi) is 1.40. The number of amides is 1. The number of nitrogens with zero attached hydrogens (tertiary/aromatic N) is 1. The first-order chi connectivity index (χ1) is 5.79. The molecule has 0 atom stereocenters. The van der Waals surface area contributed by atoms with Gasteiger partial charge in [0.15, 0.2) is 5.78 Å². The maximum atomic E-state index is 11.2. The summed E-state index contributed by atoms with van der Waals surface area (Å²) in [5.74, 6) is -0.358. The van der Waals surface area contributed by atoms with Gasteiger partial charge >= 0.3 is 0 Å². The molecule has 0 aliphatic carbocycles. The number of fused-ring (bicyclic) bond motifs is 1. The molecule has 1 aromatic heterocycles. The van der Waals surface area contributed by atoms with E-state index in [0.717, 1.165) is 0 Å². The molecule has 0 spiro atoms. The van der Waals surface area contributed by atoms with E-state index >= 15 is 0 Å². The topological polar surface area (TPSA) is 59.1 Å². The van der Waals surface area contributed by atoms with Crippen molar-refractivity contribution in [3.8, 4) is 0 Å². The molecule has 1 amide bonds. The zero-order valence-electron chi connectivity index (χ0n) is 6.20. The van der Waals surface area contributed by atoms with E-state index in [9.17, 15) is 9.59 Å². The highest BCUT2D eigenvalue weighted by Crippen LogP contribution is 2.09. The van der Waals surface area contributed by atoms with Crippen molar-refractivity contribution in [2.24, 2.45) is 0 Å². The molecule has 1 N–H and O–H groups in total. The van der Waals surface area contributed by atoms with Gasteiger partial charge in [-0.05, 0) is 12.1 Å². The fourth-order valence-electron chi connectivity index (χ4n) is 1.15. The Bertz CT molecular complexity index is 330. The summed E-state index contributed by atoms with van der Waals surface area (Å²) in [6, 6.07) is 3.26. The first kappa shape index (κ1) is 6.97. The van der Waals surface area contributed by atoms with Crippen molar-refractivity contribution >= 4 is 11.7 Å². The minimum absolute atomic E-state index is 0. The van der Waals surface area contributed by atoms with E-state index in [1.165, 1.54) is 6.20 Å². The molecule has 0 saturated carbocycles. The van der Waals surface area contributed by atoms with Gasteiger partial charge < -0.3 is 5.32 Å². The monoisotopic (exact) mass is 164 g/mol. The second kappa shape index (κ2) is 2.41. The van der Waals surface area contributed by atoms with Crippen LogP contribution in [0.15, 0.2) is 18.3 Å². The van der Waals surface area contributed by atoms with Crippen LogP contribution in [0.3, 0.4) is 0 Å². The van der Waals surface area contributed by atoms with E-state index in [0.29, 0.717) is 5.56 Å². The third kappa shape index (κ3) is 0.887. The van der Waals surface area contributed by atoms with Crippen LogP contribution in [0.2, 0.25) is 0 Å². The lowest BCUT2D eigenvalue weighted by molar-refractivity contribution is 0.0872. The predicted molar refractivity (Wildman–Crippen MR) is 43.0 cm³/mol. The Morgan fingerprint density at radius 1 is 1.50 bits per heavy atom. The van der Waals surface area contributed by atoms with Crippen LogP contribution in [0.25, 0.3) is 0 Å². The second-order valence-electron chi connectivity index (χ2n) is 2.51. The van der Waals surface area contributed by atoms with Crippen LogP contribution in [0.1, 0.15) is 22.3 Å². The van der Waals surface area contributed by atoms with Gasteiger partial charge in [0.1, 0.15) is 5.69 Å². The van der Waals surface area contributed by atoms with Crippen molar-refractivity contribution in [3.63, 3.8) is 0 Å². The molecule has 2 rings (SSSR count). The highest BCUT2D eigenvalue weighted by atomic mass is 16.2. The highest BCUT2D eigenvalue weighted by Gasteiger charge is 2.23. The molecule has 4 nitrogen and oxygen atoms in total. The first-order valence-electron chi connectivity index (χ1n) is 3.55. The van der Waals surface area contributed by atoms with Crippen molar-refractivity contribution in [2.75, 3.05) is 6.54 Å². The van der Waals surface area contributed by atoms with Gasteiger partial charge in [-0.3, -0.25) is 14.6 Å². The van der Waals surface area contributed by atoms with E-state index < -0.39 is 0 Å². The number of rotatable bonds is 0. The Labute approximate surface area is 70.1 Å². The summed E-state index contributed by atoms with van der Waals surface area (Å²) in [7, 11) is 0. The molecule has 0 fully saturated rings. The van der Waals surface area contributed by atoms with Crippen LogP contribution in [-0.4, -0.2) is 23.2 Å². The lowest BCUT2D eigenvalue weighted by Gasteiger charge is -2.12. The molecule has 0 bridgehead atoms. The van der Waals surface area contributed by atoms with E-state index in [4.69, 9.17) is 0 Å². The number of carbonyl (C=O) groups is 2. The number of ketones is 1. The molecule has 0 unspecified atom stereocenters. The van der Waals surface area contributed by atoms with Crippen LogP contribution < -0.4 is 5.32 Å². The van der Waals surface area contributed by atoms with Crippen molar-refractivity contribution in [3.05, 3.63) is 29.6 Å². The maximum absolute atomic E-state index is 11.2. The van der Waals surface area contributed by atoms with Gasteiger partial charge in [0.2, 0.25) is 0 Å². The first-order valence-corrected chi connectivity index (χ1v) is 3.55. The smallest absolute Gasteiger partial charge is 0.271 e. The molecule has 4 heteroatoms. The molecule has 1 aromatic rings. The van der Waals surface area contributed by atoms with Gasteiger partial charge in [0.05, 0.1) is 12.1 Å². The Balaban J connectivity index is 0.000000845. The number of hydrogen-bond donors (Lipinski definition) is 1. The number of pyridine rings is 1. The third-order valence-corrected chi connectivity index (χ3v) is 1.73. The Morgan fingerprint density at radius 2 is 2.33 bits per heavy atom. The second-order valence-corrected chi connectivity index (χ2v) is 2.51. The standard InChI is InChI=1S/C8H6N2O2.H2/c11-6-4-10-8(12)7-5(6)2-1-3-9-7;/h1-3H,4H2,(H,10,12);1H. The molecule has 1 aliphatic heterocycles. The van der Waals surface area contributed by atoms with Gasteiger partial charge in [-0.1, -0.05) is 0 Å². The number of hydrogen-bond acceptors (Lipinski definition) is 3. The highest BCUT2D eigenvalue weighted by molar-refractivity contribution is 6.12.